The van der Waals surface area contributed by atoms with E-state index in [1.54, 1.807) is 19.9 Å². The standard InChI is InChI=1S/C58H61N3O/c1-36(2)40-25-26-51(47(32-40)39-17-14-13-15-18-39)61-52-20-16-19-46(53(52)60-55(61)48-34-45(57(7,8)9)35-49(54(48)62)58(10,11)12)42-29-43(31-44(30-42)56(4,5)6)50-33-41(27-28-59-50)38-23-21-37(3)22-24-38/h13-36,62H,1-12H3/i13D,14D,15D,17D,18D,36D. The summed E-state index contributed by atoms with van der Waals surface area (Å²) in [7, 11) is 0. The third-order valence-corrected chi connectivity index (χ3v) is 11.8. The van der Waals surface area contributed by atoms with E-state index in [-0.39, 0.29) is 34.2 Å². The fraction of sp³-hybridized carbons (Fsp3) is 0.276. The van der Waals surface area contributed by atoms with Crippen molar-refractivity contribution in [1.82, 2.24) is 14.5 Å². The van der Waals surface area contributed by atoms with Crippen LogP contribution < -0.4 is 0 Å². The lowest BCUT2D eigenvalue weighted by atomic mass is 9.79. The maximum Gasteiger partial charge on any atom is 0.149 e. The number of fused-ring (bicyclic) bond motifs is 1. The molecule has 0 radical (unpaired) electrons. The molecule has 4 heteroatoms. The minimum absolute atomic E-state index is 0.00647. The summed E-state index contributed by atoms with van der Waals surface area (Å²) in [5.74, 6) is -0.611. The van der Waals surface area contributed by atoms with Crippen LogP contribution in [0.1, 0.15) is 118 Å². The summed E-state index contributed by atoms with van der Waals surface area (Å²) in [6.45, 7) is 24.8. The SMILES string of the molecule is [2H]c1c([2H])c([2H])c(-c2cc(C([2H])(C)C)ccc2-n2c(-c3cc(C(C)(C)C)cc(C(C)(C)C)c3O)nc3c(-c4cc(-c5cc(-c6ccc(C)cc6)ccn5)cc(C(C)(C)C)c4)cccc32)c([2H])c1[2H]. The van der Waals surface area contributed by atoms with Gasteiger partial charge in [-0.2, -0.15) is 0 Å². The molecule has 62 heavy (non-hydrogen) atoms. The Hall–Kier alpha value is -6.26. The van der Waals surface area contributed by atoms with E-state index in [0.29, 0.717) is 39.2 Å². The second kappa shape index (κ2) is 15.9. The van der Waals surface area contributed by atoms with Gasteiger partial charge >= 0.3 is 0 Å². The fourth-order valence-corrected chi connectivity index (χ4v) is 8.07. The van der Waals surface area contributed by atoms with E-state index in [9.17, 15) is 7.85 Å². The maximum atomic E-state index is 12.6. The number of aromatic hydroxyl groups is 1. The van der Waals surface area contributed by atoms with E-state index in [4.69, 9.17) is 15.5 Å². The van der Waals surface area contributed by atoms with Gasteiger partial charge in [-0.25, -0.2) is 4.98 Å². The topological polar surface area (TPSA) is 50.9 Å². The Labute approximate surface area is 377 Å². The van der Waals surface area contributed by atoms with Gasteiger partial charge in [-0.3, -0.25) is 9.55 Å². The Bertz CT molecular complexity index is 3260. The van der Waals surface area contributed by atoms with Crippen molar-refractivity contribution >= 4 is 11.0 Å². The average Bonchev–Trinajstić information content (AvgIpc) is 3.66. The van der Waals surface area contributed by atoms with Gasteiger partial charge in [0.15, 0.2) is 0 Å². The Morgan fingerprint density at radius 1 is 0.613 bits per heavy atom. The van der Waals surface area contributed by atoms with Gasteiger partial charge in [-0.15, -0.1) is 0 Å². The number of hydrogen-bond acceptors (Lipinski definition) is 3. The second-order valence-corrected chi connectivity index (χ2v) is 19.9. The molecule has 2 aromatic heterocycles. The molecule has 0 unspecified atom stereocenters. The molecule has 314 valence electrons. The van der Waals surface area contributed by atoms with Gasteiger partial charge in [0.25, 0.3) is 0 Å². The minimum Gasteiger partial charge on any atom is -0.507 e. The predicted octanol–water partition coefficient (Wildman–Crippen LogP) is 15.8. The van der Waals surface area contributed by atoms with Gasteiger partial charge in [-0.05, 0) is 117 Å². The van der Waals surface area contributed by atoms with Gasteiger partial charge in [0.2, 0.25) is 0 Å². The van der Waals surface area contributed by atoms with E-state index in [2.05, 4.69) is 130 Å². The Morgan fingerprint density at radius 2 is 1.29 bits per heavy atom. The maximum absolute atomic E-state index is 12.6. The molecule has 0 aliphatic rings. The van der Waals surface area contributed by atoms with Crippen molar-refractivity contribution < 1.29 is 13.3 Å². The molecule has 0 aliphatic carbocycles. The van der Waals surface area contributed by atoms with E-state index >= 15 is 0 Å². The molecule has 4 nitrogen and oxygen atoms in total. The first-order valence-corrected chi connectivity index (χ1v) is 21.5. The van der Waals surface area contributed by atoms with Crippen molar-refractivity contribution in [3.05, 3.63) is 167 Å². The van der Waals surface area contributed by atoms with Crippen LogP contribution in [0.3, 0.4) is 0 Å². The molecule has 0 bridgehead atoms. The summed E-state index contributed by atoms with van der Waals surface area (Å²) in [6, 6.07) is 32.6. The molecule has 6 aromatic carbocycles. The largest absolute Gasteiger partial charge is 0.507 e. The molecule has 2 heterocycles. The highest BCUT2D eigenvalue weighted by molar-refractivity contribution is 5.98. The number of phenolic OH excluding ortho intramolecular Hbond substituents is 1. The zero-order chi connectivity index (χ0) is 49.6. The van der Waals surface area contributed by atoms with E-state index in [1.165, 1.54) is 5.56 Å². The van der Waals surface area contributed by atoms with Crippen molar-refractivity contribution in [3.63, 3.8) is 0 Å². The smallest absolute Gasteiger partial charge is 0.149 e. The van der Waals surface area contributed by atoms with Gasteiger partial charge in [-0.1, -0.05) is 167 Å². The summed E-state index contributed by atoms with van der Waals surface area (Å²) in [5, 5.41) is 12.6. The normalized spacial score (nSPS) is 13.9. The van der Waals surface area contributed by atoms with Gasteiger partial charge in [0, 0.05) is 29.8 Å². The number of rotatable bonds is 7. The number of hydrogen-bond donors (Lipinski definition) is 1. The van der Waals surface area contributed by atoms with Crippen LogP contribution in [0.5, 0.6) is 5.75 Å². The molecule has 0 amide bonds. The number of para-hydroxylation sites is 1. The quantitative estimate of drug-likeness (QED) is 0.174. The van der Waals surface area contributed by atoms with Crippen LogP contribution >= 0.6 is 0 Å². The lowest BCUT2D eigenvalue weighted by molar-refractivity contribution is 0.446. The first kappa shape index (κ1) is 35.3. The molecular formula is C58H61N3O. The average molecular weight is 822 g/mol. The highest BCUT2D eigenvalue weighted by atomic mass is 16.3. The van der Waals surface area contributed by atoms with Gasteiger partial charge < -0.3 is 5.11 Å². The van der Waals surface area contributed by atoms with Crippen LogP contribution in [0.25, 0.3) is 72.7 Å². The zero-order valence-corrected chi connectivity index (χ0v) is 38.2. The summed E-state index contributed by atoms with van der Waals surface area (Å²) in [4.78, 5) is 10.5. The van der Waals surface area contributed by atoms with Gasteiger partial charge in [0.1, 0.15) is 11.6 Å². The zero-order valence-electron chi connectivity index (χ0n) is 44.2. The first-order valence-electron chi connectivity index (χ1n) is 24.5. The van der Waals surface area contributed by atoms with Crippen molar-refractivity contribution in [2.45, 2.75) is 105 Å². The molecule has 1 N–H and O–H groups in total. The lowest BCUT2D eigenvalue weighted by Gasteiger charge is -2.27. The number of benzene rings is 6. The van der Waals surface area contributed by atoms with Crippen LogP contribution in [-0.2, 0) is 16.2 Å². The number of phenols is 1. The van der Waals surface area contributed by atoms with Crippen molar-refractivity contribution in [1.29, 1.82) is 0 Å². The lowest BCUT2D eigenvalue weighted by Crippen LogP contribution is -2.17. The number of aryl methyl sites for hydroxylation is 1. The number of nitrogens with zero attached hydrogens (tertiary/aromatic N) is 3. The third-order valence-electron chi connectivity index (χ3n) is 11.8. The Morgan fingerprint density at radius 3 is 1.95 bits per heavy atom. The van der Waals surface area contributed by atoms with E-state index in [0.717, 1.165) is 50.2 Å². The molecule has 0 saturated carbocycles. The molecule has 0 aliphatic heterocycles. The molecule has 0 spiro atoms. The fourth-order valence-electron chi connectivity index (χ4n) is 8.07. The van der Waals surface area contributed by atoms with Crippen molar-refractivity contribution in [3.8, 4) is 67.5 Å². The molecule has 8 aromatic rings. The van der Waals surface area contributed by atoms with Crippen molar-refractivity contribution in [2.24, 2.45) is 0 Å². The van der Waals surface area contributed by atoms with E-state index < -0.39 is 29.4 Å². The molecule has 8 rings (SSSR count). The summed E-state index contributed by atoms with van der Waals surface area (Å²) < 4.78 is 55.4. The first-order chi connectivity index (χ1) is 31.6. The van der Waals surface area contributed by atoms with Crippen LogP contribution in [0, 0.1) is 6.92 Å². The summed E-state index contributed by atoms with van der Waals surface area (Å²) in [5.41, 5.74) is 11.9. The number of pyridine rings is 1. The third kappa shape index (κ3) is 8.23. The number of aromatic nitrogens is 3. The van der Waals surface area contributed by atoms with Gasteiger partial charge in [0.05, 0.1) is 34.8 Å². The molecule has 0 fully saturated rings. The minimum atomic E-state index is -1.10. The van der Waals surface area contributed by atoms with Crippen LogP contribution in [0.15, 0.2) is 140 Å². The highest BCUT2D eigenvalue weighted by Crippen LogP contribution is 2.46. The Balaban J connectivity index is 1.51. The highest BCUT2D eigenvalue weighted by Gasteiger charge is 2.29. The predicted molar refractivity (Wildman–Crippen MR) is 263 cm³/mol. The van der Waals surface area contributed by atoms with E-state index in [1.807, 2.05) is 47.2 Å². The van der Waals surface area contributed by atoms with Crippen LogP contribution in [-0.4, -0.2) is 19.6 Å². The molecule has 0 saturated heterocycles. The number of imidazole rings is 1. The van der Waals surface area contributed by atoms with Crippen LogP contribution in [0.4, 0.5) is 0 Å². The summed E-state index contributed by atoms with van der Waals surface area (Å²) in [6.07, 6.45) is 1.85. The Kier molecular flexibility index (Phi) is 9.06. The summed E-state index contributed by atoms with van der Waals surface area (Å²) >= 11 is 0. The second-order valence-electron chi connectivity index (χ2n) is 19.9. The molecule has 0 atom stereocenters. The van der Waals surface area contributed by atoms with Crippen molar-refractivity contribution in [2.75, 3.05) is 0 Å². The van der Waals surface area contributed by atoms with Crippen LogP contribution in [0.2, 0.25) is 0 Å². The molecular weight excluding hydrogens is 755 g/mol. The monoisotopic (exact) mass is 822 g/mol.